The van der Waals surface area contributed by atoms with Gasteiger partial charge in [-0.3, -0.25) is 4.79 Å². The van der Waals surface area contributed by atoms with Gasteiger partial charge in [0.25, 0.3) is 5.91 Å². The Bertz CT molecular complexity index is 948. The smallest absolute Gasteiger partial charge is 0.259 e. The molecule has 0 fully saturated rings. The number of amides is 1. The molecule has 0 aliphatic heterocycles. The second-order valence-corrected chi connectivity index (χ2v) is 7.40. The van der Waals surface area contributed by atoms with Crippen molar-refractivity contribution < 1.29 is 13.7 Å². The van der Waals surface area contributed by atoms with E-state index in [4.69, 9.17) is 26.3 Å². The summed E-state index contributed by atoms with van der Waals surface area (Å²) in [6.45, 7) is 2.78. The molecule has 6 nitrogen and oxygen atoms in total. The third kappa shape index (κ3) is 5.41. The van der Waals surface area contributed by atoms with Crippen molar-refractivity contribution in [3.63, 3.8) is 0 Å². The second-order valence-electron chi connectivity index (χ2n) is 6.97. The summed E-state index contributed by atoms with van der Waals surface area (Å²) >= 11 is 6.05. The summed E-state index contributed by atoms with van der Waals surface area (Å²) in [5.74, 6) is 0.682. The molecule has 7 heteroatoms. The first-order valence-electron chi connectivity index (χ1n) is 9.99. The molecule has 3 rings (SSSR count). The normalized spacial score (nSPS) is 11.0. The lowest BCUT2D eigenvalue weighted by Crippen LogP contribution is -2.25. The van der Waals surface area contributed by atoms with Crippen LogP contribution in [0.1, 0.15) is 55.8 Å². The highest BCUT2D eigenvalue weighted by atomic mass is 35.5. The number of nitrogen functional groups attached to an aromatic ring is 1. The van der Waals surface area contributed by atoms with Crippen molar-refractivity contribution in [2.45, 2.75) is 45.4 Å². The quantitative estimate of drug-likeness (QED) is 0.400. The van der Waals surface area contributed by atoms with Gasteiger partial charge in [0.1, 0.15) is 11.3 Å². The van der Waals surface area contributed by atoms with Crippen LogP contribution in [0.25, 0.3) is 22.8 Å². The van der Waals surface area contributed by atoms with E-state index in [1.807, 2.05) is 12.1 Å². The summed E-state index contributed by atoms with van der Waals surface area (Å²) in [5.41, 5.74) is 7.17. The summed E-state index contributed by atoms with van der Waals surface area (Å²) in [7, 11) is 0. The van der Waals surface area contributed by atoms with Crippen molar-refractivity contribution in [1.29, 1.82) is 0 Å². The van der Waals surface area contributed by atoms with Crippen LogP contribution in [0.5, 0.6) is 0 Å². The number of nitrogens with one attached hydrogen (secondary N) is 1. The monoisotopic (exact) mass is 415 g/mol. The zero-order chi connectivity index (χ0) is 20.6. The summed E-state index contributed by atoms with van der Waals surface area (Å²) in [6, 6.07) is 10.9. The minimum absolute atomic E-state index is 0.0267. The first kappa shape index (κ1) is 21.0. The SMILES string of the molecule is CCCCCCCCNC(=O)c1c(-c2ccc(-c3cccc(Cl)c3)o2)noc1N. The molecule has 0 spiro atoms. The topological polar surface area (TPSA) is 94.3 Å². The van der Waals surface area contributed by atoms with Gasteiger partial charge in [-0.05, 0) is 30.7 Å². The molecule has 154 valence electrons. The number of furan rings is 1. The van der Waals surface area contributed by atoms with Crippen LogP contribution in [0.2, 0.25) is 5.02 Å². The van der Waals surface area contributed by atoms with Gasteiger partial charge >= 0.3 is 0 Å². The number of rotatable bonds is 10. The fraction of sp³-hybridized carbons (Fsp3) is 0.364. The van der Waals surface area contributed by atoms with Gasteiger partial charge in [0.05, 0.1) is 0 Å². The number of carbonyl (C=O) groups is 1. The third-order valence-corrected chi connectivity index (χ3v) is 4.95. The van der Waals surface area contributed by atoms with Crippen LogP contribution in [0.4, 0.5) is 5.88 Å². The summed E-state index contributed by atoms with van der Waals surface area (Å²) < 4.78 is 10.9. The van der Waals surface area contributed by atoms with Crippen molar-refractivity contribution in [2.24, 2.45) is 0 Å². The number of aromatic nitrogens is 1. The molecule has 1 amide bonds. The zero-order valence-corrected chi connectivity index (χ0v) is 17.3. The van der Waals surface area contributed by atoms with E-state index in [0.29, 0.717) is 23.1 Å². The minimum atomic E-state index is -0.312. The molecule has 0 saturated heterocycles. The van der Waals surface area contributed by atoms with Gasteiger partial charge in [0.2, 0.25) is 5.88 Å². The van der Waals surface area contributed by atoms with Crippen LogP contribution in [0, 0.1) is 0 Å². The molecule has 0 radical (unpaired) electrons. The van der Waals surface area contributed by atoms with Gasteiger partial charge < -0.3 is 20.0 Å². The molecule has 2 heterocycles. The highest BCUT2D eigenvalue weighted by molar-refractivity contribution is 6.30. The maximum absolute atomic E-state index is 12.6. The summed E-state index contributed by atoms with van der Waals surface area (Å²) in [4.78, 5) is 12.6. The fourth-order valence-electron chi connectivity index (χ4n) is 3.15. The Labute approximate surface area is 175 Å². The van der Waals surface area contributed by atoms with Crippen molar-refractivity contribution >= 4 is 23.4 Å². The number of nitrogens with zero attached hydrogens (tertiary/aromatic N) is 1. The molecular formula is C22H26ClN3O3. The largest absolute Gasteiger partial charge is 0.454 e. The molecule has 3 aromatic rings. The molecular weight excluding hydrogens is 390 g/mol. The summed E-state index contributed by atoms with van der Waals surface area (Å²) in [6.07, 6.45) is 6.91. The van der Waals surface area contributed by atoms with Crippen LogP contribution in [-0.2, 0) is 0 Å². The highest BCUT2D eigenvalue weighted by Crippen LogP contribution is 2.32. The van der Waals surface area contributed by atoms with E-state index in [0.717, 1.165) is 18.4 Å². The predicted molar refractivity (Wildman–Crippen MR) is 115 cm³/mol. The maximum atomic E-state index is 12.6. The molecule has 0 aliphatic carbocycles. The standard InChI is InChI=1S/C22H26ClN3O3/c1-2-3-4-5-6-7-13-25-22(27)19-20(26-29-21(19)24)18-12-11-17(28-18)15-9-8-10-16(23)14-15/h8-12,14H,2-7,13,24H2,1H3,(H,25,27). The van der Waals surface area contributed by atoms with Gasteiger partial charge in [-0.2, -0.15) is 0 Å². The number of hydrogen-bond acceptors (Lipinski definition) is 5. The Morgan fingerprint density at radius 3 is 2.66 bits per heavy atom. The average molecular weight is 416 g/mol. The van der Waals surface area contributed by atoms with Crippen molar-refractivity contribution in [3.05, 3.63) is 47.0 Å². The lowest BCUT2D eigenvalue weighted by molar-refractivity contribution is 0.0954. The van der Waals surface area contributed by atoms with E-state index >= 15 is 0 Å². The van der Waals surface area contributed by atoms with E-state index in [9.17, 15) is 4.79 Å². The van der Waals surface area contributed by atoms with Gasteiger partial charge in [0, 0.05) is 17.1 Å². The minimum Gasteiger partial charge on any atom is -0.454 e. The van der Waals surface area contributed by atoms with Crippen LogP contribution in [-0.4, -0.2) is 17.6 Å². The number of carbonyl (C=O) groups excluding carboxylic acids is 1. The molecule has 0 unspecified atom stereocenters. The van der Waals surface area contributed by atoms with Gasteiger partial charge in [0.15, 0.2) is 11.5 Å². The van der Waals surface area contributed by atoms with Crippen molar-refractivity contribution in [3.8, 4) is 22.8 Å². The van der Waals surface area contributed by atoms with Crippen LogP contribution >= 0.6 is 11.6 Å². The lowest BCUT2D eigenvalue weighted by Gasteiger charge is -2.05. The molecule has 0 saturated carbocycles. The second kappa shape index (κ2) is 10.2. The first-order valence-corrected chi connectivity index (χ1v) is 10.4. The Kier molecular flexibility index (Phi) is 7.36. The molecule has 0 atom stereocenters. The van der Waals surface area contributed by atoms with E-state index in [1.165, 1.54) is 25.7 Å². The Morgan fingerprint density at radius 1 is 1.10 bits per heavy atom. The van der Waals surface area contributed by atoms with E-state index in [-0.39, 0.29) is 23.0 Å². The van der Waals surface area contributed by atoms with Crippen LogP contribution in [0.15, 0.2) is 45.3 Å². The molecule has 0 bridgehead atoms. The molecule has 1 aromatic carbocycles. The number of benzene rings is 1. The zero-order valence-electron chi connectivity index (χ0n) is 16.5. The number of unbranched alkanes of at least 4 members (excludes halogenated alkanes) is 5. The Morgan fingerprint density at radius 2 is 1.86 bits per heavy atom. The summed E-state index contributed by atoms with van der Waals surface area (Å²) in [5, 5.41) is 7.44. The third-order valence-electron chi connectivity index (χ3n) is 4.71. The van der Waals surface area contributed by atoms with Gasteiger partial charge in [-0.15, -0.1) is 0 Å². The number of anilines is 1. The predicted octanol–water partition coefficient (Wildman–Crippen LogP) is 5.93. The number of nitrogens with two attached hydrogens (primary N) is 1. The van der Waals surface area contributed by atoms with E-state index in [1.54, 1.807) is 24.3 Å². The number of hydrogen-bond donors (Lipinski definition) is 2. The lowest BCUT2D eigenvalue weighted by atomic mass is 10.1. The molecule has 29 heavy (non-hydrogen) atoms. The van der Waals surface area contributed by atoms with Crippen molar-refractivity contribution in [2.75, 3.05) is 12.3 Å². The first-order chi connectivity index (χ1) is 14.1. The van der Waals surface area contributed by atoms with Gasteiger partial charge in [-0.1, -0.05) is 67.9 Å². The highest BCUT2D eigenvalue weighted by Gasteiger charge is 2.24. The van der Waals surface area contributed by atoms with Crippen molar-refractivity contribution in [1.82, 2.24) is 10.5 Å². The Balaban J connectivity index is 1.66. The van der Waals surface area contributed by atoms with Crippen LogP contribution < -0.4 is 11.1 Å². The Hall–Kier alpha value is -2.73. The van der Waals surface area contributed by atoms with Gasteiger partial charge in [-0.25, -0.2) is 0 Å². The molecule has 0 aliphatic rings. The molecule has 3 N–H and O–H groups in total. The van der Waals surface area contributed by atoms with E-state index < -0.39 is 0 Å². The molecule has 2 aromatic heterocycles. The van der Waals surface area contributed by atoms with Crippen LogP contribution in [0.3, 0.4) is 0 Å². The van der Waals surface area contributed by atoms with E-state index in [2.05, 4.69) is 17.4 Å². The average Bonchev–Trinajstić information content (AvgIpc) is 3.34. The maximum Gasteiger partial charge on any atom is 0.259 e. The fourth-order valence-corrected chi connectivity index (χ4v) is 3.34. The number of halogens is 1.